The van der Waals surface area contributed by atoms with Crippen molar-refractivity contribution in [3.05, 3.63) is 16.3 Å². The van der Waals surface area contributed by atoms with E-state index in [0.717, 1.165) is 0 Å². The van der Waals surface area contributed by atoms with Crippen LogP contribution < -0.4 is 4.74 Å². The van der Waals surface area contributed by atoms with E-state index in [4.69, 9.17) is 9.47 Å². The first-order valence-electron chi connectivity index (χ1n) is 6.23. The molecule has 1 aromatic rings. The second kappa shape index (κ2) is 5.90. The van der Waals surface area contributed by atoms with Gasteiger partial charge in [0, 0.05) is 39.6 Å². The Morgan fingerprint density at radius 1 is 1.58 bits per heavy atom. The van der Waals surface area contributed by atoms with E-state index in [2.05, 4.69) is 0 Å². The van der Waals surface area contributed by atoms with Crippen molar-refractivity contribution < 1.29 is 19.4 Å². The number of rotatable bonds is 4. The lowest BCUT2D eigenvalue weighted by atomic mass is 9.94. The molecule has 0 aromatic carbocycles. The van der Waals surface area contributed by atoms with Gasteiger partial charge in [0.25, 0.3) is 5.91 Å². The molecule has 1 aliphatic rings. The monoisotopic (exact) mass is 285 g/mol. The molecule has 106 valence electrons. The van der Waals surface area contributed by atoms with Crippen molar-refractivity contribution >= 4 is 17.2 Å². The number of aliphatic hydroxyl groups is 1. The molecule has 6 heteroatoms. The molecule has 5 nitrogen and oxygen atoms in total. The van der Waals surface area contributed by atoms with E-state index >= 15 is 0 Å². The molecule has 0 saturated carbocycles. The molecule has 1 aliphatic heterocycles. The summed E-state index contributed by atoms with van der Waals surface area (Å²) in [6.07, 6.45) is 1.12. The molecule has 0 radical (unpaired) electrons. The Balaban J connectivity index is 2.03. The summed E-state index contributed by atoms with van der Waals surface area (Å²) in [5.74, 6) is 0.465. The van der Waals surface area contributed by atoms with E-state index in [0.29, 0.717) is 43.2 Å². The molecule has 19 heavy (non-hydrogen) atoms. The van der Waals surface area contributed by atoms with Crippen LogP contribution in [-0.2, 0) is 4.74 Å². The highest BCUT2D eigenvalue weighted by Crippen LogP contribution is 2.27. The van der Waals surface area contributed by atoms with Crippen molar-refractivity contribution in [3.8, 4) is 5.75 Å². The Kier molecular flexibility index (Phi) is 4.44. The van der Waals surface area contributed by atoms with Crippen LogP contribution in [0.1, 0.15) is 22.5 Å². The van der Waals surface area contributed by atoms with Crippen molar-refractivity contribution in [1.82, 2.24) is 4.90 Å². The van der Waals surface area contributed by atoms with Crippen LogP contribution in [0.2, 0.25) is 0 Å². The van der Waals surface area contributed by atoms with Crippen LogP contribution in [0.3, 0.4) is 0 Å². The predicted molar refractivity (Wildman–Crippen MR) is 72.8 cm³/mol. The zero-order valence-corrected chi connectivity index (χ0v) is 12.0. The van der Waals surface area contributed by atoms with Gasteiger partial charge < -0.3 is 19.5 Å². The summed E-state index contributed by atoms with van der Waals surface area (Å²) < 4.78 is 10.4. The van der Waals surface area contributed by atoms with Crippen LogP contribution in [0.4, 0.5) is 0 Å². The molecule has 1 saturated heterocycles. The van der Waals surface area contributed by atoms with Crippen LogP contribution in [0, 0.1) is 0 Å². The first-order valence-corrected chi connectivity index (χ1v) is 7.11. The molecule has 0 unspecified atom stereocenters. The predicted octanol–water partition coefficient (Wildman–Crippen LogP) is 1.37. The van der Waals surface area contributed by atoms with Gasteiger partial charge in [-0.1, -0.05) is 0 Å². The van der Waals surface area contributed by atoms with Gasteiger partial charge in [-0.25, -0.2) is 0 Å². The lowest BCUT2D eigenvalue weighted by Gasteiger charge is -2.35. The van der Waals surface area contributed by atoms with Crippen molar-refractivity contribution in [2.24, 2.45) is 0 Å². The quantitative estimate of drug-likeness (QED) is 0.907. The molecule has 0 atom stereocenters. The van der Waals surface area contributed by atoms with E-state index < -0.39 is 5.60 Å². The summed E-state index contributed by atoms with van der Waals surface area (Å²) in [5.41, 5.74) is -0.840. The van der Waals surface area contributed by atoms with Crippen molar-refractivity contribution in [3.63, 3.8) is 0 Å². The highest BCUT2D eigenvalue weighted by atomic mass is 32.1. The maximum atomic E-state index is 12.3. The van der Waals surface area contributed by atoms with Gasteiger partial charge in [-0.05, 0) is 11.4 Å². The van der Waals surface area contributed by atoms with Gasteiger partial charge in [-0.2, -0.15) is 0 Å². The molecule has 2 rings (SSSR count). The highest BCUT2D eigenvalue weighted by molar-refractivity contribution is 7.12. The van der Waals surface area contributed by atoms with E-state index in [1.165, 1.54) is 11.3 Å². The third-order valence-electron chi connectivity index (χ3n) is 3.34. The van der Waals surface area contributed by atoms with Gasteiger partial charge in [0.15, 0.2) is 0 Å². The van der Waals surface area contributed by atoms with Gasteiger partial charge in [0.1, 0.15) is 10.6 Å². The SMILES string of the molecule is COc1ccsc1C(=O)N(C)CC1(O)CCOCC1. The lowest BCUT2D eigenvalue weighted by Crippen LogP contribution is -2.47. The van der Waals surface area contributed by atoms with Gasteiger partial charge >= 0.3 is 0 Å². The van der Waals surface area contributed by atoms with Crippen LogP contribution >= 0.6 is 11.3 Å². The number of nitrogens with zero attached hydrogens (tertiary/aromatic N) is 1. The fourth-order valence-electron chi connectivity index (χ4n) is 2.21. The molecular weight excluding hydrogens is 266 g/mol. The van der Waals surface area contributed by atoms with E-state index in [1.807, 2.05) is 5.38 Å². The summed E-state index contributed by atoms with van der Waals surface area (Å²) in [6.45, 7) is 1.40. The third-order valence-corrected chi connectivity index (χ3v) is 4.23. The number of carbonyl (C=O) groups is 1. The first kappa shape index (κ1) is 14.3. The fraction of sp³-hybridized carbons (Fsp3) is 0.615. The maximum absolute atomic E-state index is 12.3. The smallest absolute Gasteiger partial charge is 0.267 e. The number of amides is 1. The fourth-order valence-corrected chi connectivity index (χ4v) is 3.06. The summed E-state index contributed by atoms with van der Waals surface area (Å²) >= 11 is 1.35. The molecule has 0 spiro atoms. The zero-order chi connectivity index (χ0) is 13.9. The number of likely N-dealkylation sites (N-methyl/N-ethyl adjacent to an activating group) is 1. The summed E-state index contributed by atoms with van der Waals surface area (Å²) in [5, 5.41) is 12.2. The molecule has 0 bridgehead atoms. The summed E-state index contributed by atoms with van der Waals surface area (Å²) in [6, 6.07) is 1.77. The summed E-state index contributed by atoms with van der Waals surface area (Å²) in [7, 11) is 3.25. The Hall–Kier alpha value is -1.11. The number of carbonyl (C=O) groups excluding carboxylic acids is 1. The Labute approximate surface area is 116 Å². The van der Waals surface area contributed by atoms with Gasteiger partial charge in [0.05, 0.1) is 12.7 Å². The largest absolute Gasteiger partial charge is 0.495 e. The van der Waals surface area contributed by atoms with E-state index in [1.54, 1.807) is 25.1 Å². The minimum absolute atomic E-state index is 0.119. The number of thiophene rings is 1. The number of methoxy groups -OCH3 is 1. The Morgan fingerprint density at radius 2 is 2.26 bits per heavy atom. The van der Waals surface area contributed by atoms with Gasteiger partial charge in [0.2, 0.25) is 0 Å². The average Bonchev–Trinajstić information content (AvgIpc) is 2.86. The Bertz CT molecular complexity index is 440. The maximum Gasteiger partial charge on any atom is 0.267 e. The number of hydrogen-bond donors (Lipinski definition) is 1. The normalized spacial score (nSPS) is 18.1. The van der Waals surface area contributed by atoms with Crippen molar-refractivity contribution in [2.45, 2.75) is 18.4 Å². The first-order chi connectivity index (χ1) is 9.06. The molecule has 1 fully saturated rings. The van der Waals surface area contributed by atoms with Gasteiger partial charge in [-0.3, -0.25) is 4.79 Å². The number of hydrogen-bond acceptors (Lipinski definition) is 5. The second-order valence-electron chi connectivity index (χ2n) is 4.82. The standard InChI is InChI=1S/C13H19NO4S/c1-14(9-13(16)4-6-18-7-5-13)12(15)11-10(17-2)3-8-19-11/h3,8,16H,4-7,9H2,1-2H3. The lowest BCUT2D eigenvalue weighted by molar-refractivity contribution is -0.0734. The topological polar surface area (TPSA) is 59.0 Å². The van der Waals surface area contributed by atoms with E-state index in [-0.39, 0.29) is 5.91 Å². The zero-order valence-electron chi connectivity index (χ0n) is 11.2. The molecule has 0 aliphatic carbocycles. The minimum atomic E-state index is -0.840. The minimum Gasteiger partial charge on any atom is -0.495 e. The Morgan fingerprint density at radius 3 is 2.89 bits per heavy atom. The average molecular weight is 285 g/mol. The molecule has 1 N–H and O–H groups in total. The van der Waals surface area contributed by atoms with Crippen molar-refractivity contribution in [2.75, 3.05) is 33.9 Å². The van der Waals surface area contributed by atoms with Crippen LogP contribution in [0.5, 0.6) is 5.75 Å². The van der Waals surface area contributed by atoms with Crippen LogP contribution in [0.15, 0.2) is 11.4 Å². The van der Waals surface area contributed by atoms with Crippen LogP contribution in [-0.4, -0.2) is 55.4 Å². The third kappa shape index (κ3) is 3.26. The highest BCUT2D eigenvalue weighted by Gasteiger charge is 2.33. The summed E-state index contributed by atoms with van der Waals surface area (Å²) in [4.78, 5) is 14.4. The molecule has 2 heterocycles. The van der Waals surface area contributed by atoms with Crippen molar-refractivity contribution in [1.29, 1.82) is 0 Å². The van der Waals surface area contributed by atoms with Crippen LogP contribution in [0.25, 0.3) is 0 Å². The molecule has 1 amide bonds. The van der Waals surface area contributed by atoms with E-state index in [9.17, 15) is 9.90 Å². The number of ether oxygens (including phenoxy) is 2. The second-order valence-corrected chi connectivity index (χ2v) is 5.73. The molecule has 1 aromatic heterocycles. The van der Waals surface area contributed by atoms with Gasteiger partial charge in [-0.15, -0.1) is 11.3 Å². The molecular formula is C13H19NO4S.